The van der Waals surface area contributed by atoms with E-state index in [1.165, 1.54) is 6.07 Å². The van der Waals surface area contributed by atoms with Gasteiger partial charge in [-0.15, -0.1) is 0 Å². The molecule has 2 rings (SSSR count). The fourth-order valence-corrected chi connectivity index (χ4v) is 2.62. The van der Waals surface area contributed by atoms with Gasteiger partial charge >= 0.3 is 0 Å². The standard InChI is InChI=1S/C14H19FO/c1-10-5-6-13(15)9-12(10)7-11-3-2-4-14(16)8-11/h5-6,9,11,14,16H,2-4,7-8H2,1H3. The minimum absolute atomic E-state index is 0.146. The Hall–Kier alpha value is -0.890. The number of aliphatic hydroxyl groups is 1. The monoisotopic (exact) mass is 222 g/mol. The zero-order valence-electron chi connectivity index (χ0n) is 9.75. The van der Waals surface area contributed by atoms with Gasteiger partial charge in [-0.3, -0.25) is 0 Å². The van der Waals surface area contributed by atoms with Crippen LogP contribution in [0.2, 0.25) is 0 Å². The van der Waals surface area contributed by atoms with Crippen LogP contribution in [0, 0.1) is 18.7 Å². The summed E-state index contributed by atoms with van der Waals surface area (Å²) in [5.74, 6) is 0.362. The van der Waals surface area contributed by atoms with Crippen LogP contribution < -0.4 is 0 Å². The van der Waals surface area contributed by atoms with E-state index in [-0.39, 0.29) is 11.9 Å². The van der Waals surface area contributed by atoms with Gasteiger partial charge < -0.3 is 5.11 Å². The lowest BCUT2D eigenvalue weighted by Crippen LogP contribution is -2.21. The molecule has 1 nitrogen and oxygen atoms in total. The minimum Gasteiger partial charge on any atom is -0.393 e. The normalized spacial score (nSPS) is 25.7. The van der Waals surface area contributed by atoms with E-state index in [1.54, 1.807) is 6.07 Å². The van der Waals surface area contributed by atoms with E-state index in [4.69, 9.17) is 0 Å². The van der Waals surface area contributed by atoms with E-state index in [1.807, 2.05) is 13.0 Å². The highest BCUT2D eigenvalue weighted by Gasteiger charge is 2.20. The van der Waals surface area contributed by atoms with Crippen LogP contribution in [-0.4, -0.2) is 11.2 Å². The van der Waals surface area contributed by atoms with Crippen molar-refractivity contribution in [3.8, 4) is 0 Å². The Morgan fingerprint density at radius 1 is 1.38 bits per heavy atom. The molecule has 2 atom stereocenters. The fourth-order valence-electron chi connectivity index (χ4n) is 2.62. The van der Waals surface area contributed by atoms with Crippen LogP contribution in [0.5, 0.6) is 0 Å². The third-order valence-corrected chi connectivity index (χ3v) is 3.57. The van der Waals surface area contributed by atoms with Gasteiger partial charge in [0.2, 0.25) is 0 Å². The molecule has 0 saturated heterocycles. The lowest BCUT2D eigenvalue weighted by Gasteiger charge is -2.26. The SMILES string of the molecule is Cc1ccc(F)cc1CC1CCCC(O)C1. The molecule has 1 aromatic rings. The second kappa shape index (κ2) is 4.96. The maximum atomic E-state index is 13.1. The molecule has 0 amide bonds. The highest BCUT2D eigenvalue weighted by atomic mass is 19.1. The first kappa shape index (κ1) is 11.6. The number of aryl methyl sites for hydroxylation is 1. The first-order chi connectivity index (χ1) is 7.65. The second-order valence-electron chi connectivity index (χ2n) is 4.96. The van der Waals surface area contributed by atoms with E-state index in [9.17, 15) is 9.50 Å². The van der Waals surface area contributed by atoms with E-state index >= 15 is 0 Å². The highest BCUT2D eigenvalue weighted by molar-refractivity contribution is 5.27. The Labute approximate surface area is 96.3 Å². The van der Waals surface area contributed by atoms with E-state index in [0.29, 0.717) is 5.92 Å². The summed E-state index contributed by atoms with van der Waals surface area (Å²) in [5.41, 5.74) is 2.25. The second-order valence-corrected chi connectivity index (χ2v) is 4.96. The van der Waals surface area contributed by atoms with Crippen LogP contribution in [0.4, 0.5) is 4.39 Å². The summed E-state index contributed by atoms with van der Waals surface area (Å²) in [7, 11) is 0. The Morgan fingerprint density at radius 3 is 2.94 bits per heavy atom. The Balaban J connectivity index is 2.05. The quantitative estimate of drug-likeness (QED) is 0.814. The van der Waals surface area contributed by atoms with Crippen molar-refractivity contribution in [3.05, 3.63) is 35.1 Å². The number of aliphatic hydroxyl groups excluding tert-OH is 1. The average molecular weight is 222 g/mol. The third-order valence-electron chi connectivity index (χ3n) is 3.57. The molecule has 16 heavy (non-hydrogen) atoms. The smallest absolute Gasteiger partial charge is 0.123 e. The van der Waals surface area contributed by atoms with E-state index in [2.05, 4.69) is 0 Å². The minimum atomic E-state index is -0.156. The average Bonchev–Trinajstić information content (AvgIpc) is 2.24. The van der Waals surface area contributed by atoms with Gasteiger partial charge in [0.05, 0.1) is 6.10 Å². The van der Waals surface area contributed by atoms with Crippen LogP contribution in [0.3, 0.4) is 0 Å². The molecule has 0 aliphatic heterocycles. The molecule has 1 fully saturated rings. The third kappa shape index (κ3) is 2.82. The van der Waals surface area contributed by atoms with Crippen molar-refractivity contribution in [2.75, 3.05) is 0 Å². The molecule has 2 unspecified atom stereocenters. The molecule has 2 heteroatoms. The molecule has 0 spiro atoms. The van der Waals surface area contributed by atoms with E-state index < -0.39 is 0 Å². The lowest BCUT2D eigenvalue weighted by molar-refractivity contribution is 0.101. The van der Waals surface area contributed by atoms with Crippen molar-refractivity contribution in [2.24, 2.45) is 5.92 Å². The van der Waals surface area contributed by atoms with Crippen molar-refractivity contribution >= 4 is 0 Å². The van der Waals surface area contributed by atoms with Crippen LogP contribution in [0.15, 0.2) is 18.2 Å². The Kier molecular flexibility index (Phi) is 3.59. The van der Waals surface area contributed by atoms with Gasteiger partial charge in [-0.1, -0.05) is 12.5 Å². The van der Waals surface area contributed by atoms with Gasteiger partial charge in [0, 0.05) is 0 Å². The molecular formula is C14H19FO. The van der Waals surface area contributed by atoms with Gasteiger partial charge in [-0.25, -0.2) is 4.39 Å². The number of rotatable bonds is 2. The molecular weight excluding hydrogens is 203 g/mol. The molecule has 1 saturated carbocycles. The van der Waals surface area contributed by atoms with Gasteiger partial charge in [0.1, 0.15) is 5.82 Å². The van der Waals surface area contributed by atoms with Crippen LogP contribution >= 0.6 is 0 Å². The molecule has 88 valence electrons. The molecule has 1 N–H and O–H groups in total. The highest BCUT2D eigenvalue weighted by Crippen LogP contribution is 2.28. The molecule has 1 aliphatic carbocycles. The van der Waals surface area contributed by atoms with Gasteiger partial charge in [-0.05, 0) is 61.8 Å². The fraction of sp³-hybridized carbons (Fsp3) is 0.571. The van der Waals surface area contributed by atoms with Crippen molar-refractivity contribution < 1.29 is 9.50 Å². The molecule has 0 aromatic heterocycles. The summed E-state index contributed by atoms with van der Waals surface area (Å²) in [4.78, 5) is 0. The maximum Gasteiger partial charge on any atom is 0.123 e. The molecule has 0 radical (unpaired) electrons. The largest absolute Gasteiger partial charge is 0.393 e. The van der Waals surface area contributed by atoms with E-state index in [0.717, 1.165) is 43.2 Å². The maximum absolute atomic E-state index is 13.1. The van der Waals surface area contributed by atoms with Crippen molar-refractivity contribution in [1.82, 2.24) is 0 Å². The Morgan fingerprint density at radius 2 is 2.19 bits per heavy atom. The molecule has 0 heterocycles. The number of benzene rings is 1. The topological polar surface area (TPSA) is 20.2 Å². The molecule has 1 aromatic carbocycles. The van der Waals surface area contributed by atoms with Crippen molar-refractivity contribution in [3.63, 3.8) is 0 Å². The summed E-state index contributed by atoms with van der Waals surface area (Å²) >= 11 is 0. The van der Waals surface area contributed by atoms with Crippen LogP contribution in [-0.2, 0) is 6.42 Å². The first-order valence-electron chi connectivity index (χ1n) is 6.08. The van der Waals surface area contributed by atoms with Gasteiger partial charge in [-0.2, -0.15) is 0 Å². The predicted molar refractivity (Wildman–Crippen MR) is 62.8 cm³/mol. The molecule has 0 bridgehead atoms. The predicted octanol–water partition coefficient (Wildman–Crippen LogP) is 3.23. The van der Waals surface area contributed by atoms with Gasteiger partial charge in [0.25, 0.3) is 0 Å². The summed E-state index contributed by atoms with van der Waals surface area (Å²) in [5, 5.41) is 9.61. The van der Waals surface area contributed by atoms with Crippen LogP contribution in [0.25, 0.3) is 0 Å². The Bertz CT molecular complexity index is 362. The zero-order chi connectivity index (χ0) is 11.5. The summed E-state index contributed by atoms with van der Waals surface area (Å²) in [6.07, 6.45) is 4.82. The summed E-state index contributed by atoms with van der Waals surface area (Å²) in [6.45, 7) is 2.02. The summed E-state index contributed by atoms with van der Waals surface area (Å²) in [6, 6.07) is 4.98. The number of halogens is 1. The number of hydrogen-bond acceptors (Lipinski definition) is 1. The lowest BCUT2D eigenvalue weighted by atomic mass is 9.82. The van der Waals surface area contributed by atoms with Crippen LogP contribution in [0.1, 0.15) is 36.8 Å². The van der Waals surface area contributed by atoms with Crippen molar-refractivity contribution in [1.29, 1.82) is 0 Å². The molecule has 1 aliphatic rings. The van der Waals surface area contributed by atoms with Gasteiger partial charge in [0.15, 0.2) is 0 Å². The zero-order valence-corrected chi connectivity index (χ0v) is 9.75. The van der Waals surface area contributed by atoms with Crippen molar-refractivity contribution in [2.45, 2.75) is 45.1 Å². The number of hydrogen-bond donors (Lipinski definition) is 1. The first-order valence-corrected chi connectivity index (χ1v) is 6.08. The summed E-state index contributed by atoms with van der Waals surface area (Å²) < 4.78 is 13.1.